The zero-order valence-electron chi connectivity index (χ0n) is 8.23. The van der Waals surface area contributed by atoms with E-state index in [1.165, 1.54) is 0 Å². The maximum Gasteiger partial charge on any atom is 0.0964 e. The molecule has 2 nitrogen and oxygen atoms in total. The van der Waals surface area contributed by atoms with Crippen LogP contribution in [0.15, 0.2) is 46.2 Å². The van der Waals surface area contributed by atoms with Crippen molar-refractivity contribution in [2.45, 2.75) is 10.8 Å². The van der Waals surface area contributed by atoms with Crippen LogP contribution in [0.5, 0.6) is 0 Å². The summed E-state index contributed by atoms with van der Waals surface area (Å²) in [7, 11) is 0. The Kier molecular flexibility index (Phi) is 4.21. The van der Waals surface area contributed by atoms with Gasteiger partial charge >= 0.3 is 0 Å². The molecule has 0 amide bonds. The average molecular weight is 316 g/mol. The molecule has 5 heteroatoms. The van der Waals surface area contributed by atoms with Gasteiger partial charge in [-0.25, -0.2) is 4.98 Å². The Morgan fingerprint density at radius 3 is 2.62 bits per heavy atom. The van der Waals surface area contributed by atoms with Gasteiger partial charge in [-0.05, 0) is 40.2 Å². The van der Waals surface area contributed by atoms with Gasteiger partial charge in [-0.3, -0.25) is 4.98 Å². The standard InChI is InChI=1S/C11H8BrClN2S/c12-8-1-3-10(14-5-8)7-16-11-4-2-9(13)6-15-11/h1-6H,7H2. The van der Waals surface area contributed by atoms with Crippen molar-refractivity contribution >= 4 is 39.3 Å². The minimum Gasteiger partial charge on any atom is -0.259 e. The third kappa shape index (κ3) is 3.47. The molecule has 2 rings (SSSR count). The van der Waals surface area contributed by atoms with Gasteiger partial charge in [0.15, 0.2) is 0 Å². The van der Waals surface area contributed by atoms with E-state index in [1.54, 1.807) is 24.2 Å². The lowest BCUT2D eigenvalue weighted by Gasteiger charge is -2.00. The molecule has 0 aliphatic carbocycles. The van der Waals surface area contributed by atoms with Crippen LogP contribution in [0, 0.1) is 0 Å². The Morgan fingerprint density at radius 2 is 2.00 bits per heavy atom. The Labute approximate surface area is 112 Å². The first-order valence-electron chi connectivity index (χ1n) is 4.59. The van der Waals surface area contributed by atoms with Gasteiger partial charge in [0, 0.05) is 22.6 Å². The number of halogens is 2. The fraction of sp³-hybridized carbons (Fsp3) is 0.0909. The summed E-state index contributed by atoms with van der Waals surface area (Å²) in [4.78, 5) is 8.49. The maximum absolute atomic E-state index is 5.76. The molecular formula is C11H8BrClN2S. The molecular weight excluding hydrogens is 308 g/mol. The van der Waals surface area contributed by atoms with E-state index in [0.29, 0.717) is 5.02 Å². The lowest BCUT2D eigenvalue weighted by Crippen LogP contribution is -1.86. The van der Waals surface area contributed by atoms with E-state index in [4.69, 9.17) is 11.6 Å². The second-order valence-electron chi connectivity index (χ2n) is 3.07. The molecule has 2 aromatic heterocycles. The predicted octanol–water partition coefficient (Wildman–Crippen LogP) is 4.18. The van der Waals surface area contributed by atoms with E-state index in [2.05, 4.69) is 25.9 Å². The molecule has 0 saturated carbocycles. The van der Waals surface area contributed by atoms with E-state index in [0.717, 1.165) is 20.9 Å². The highest BCUT2D eigenvalue weighted by atomic mass is 79.9. The monoisotopic (exact) mass is 314 g/mol. The second kappa shape index (κ2) is 5.66. The zero-order chi connectivity index (χ0) is 11.4. The van der Waals surface area contributed by atoms with Crippen molar-refractivity contribution in [1.82, 2.24) is 9.97 Å². The number of thioether (sulfide) groups is 1. The van der Waals surface area contributed by atoms with Crippen LogP contribution >= 0.6 is 39.3 Å². The highest BCUT2D eigenvalue weighted by Gasteiger charge is 1.99. The zero-order valence-corrected chi connectivity index (χ0v) is 11.4. The summed E-state index contributed by atoms with van der Waals surface area (Å²) in [6.07, 6.45) is 3.45. The predicted molar refractivity (Wildman–Crippen MR) is 70.7 cm³/mol. The van der Waals surface area contributed by atoms with Crippen LogP contribution in [0.1, 0.15) is 5.69 Å². The summed E-state index contributed by atoms with van der Waals surface area (Å²) in [5.74, 6) is 0.807. The van der Waals surface area contributed by atoms with Crippen LogP contribution in [-0.4, -0.2) is 9.97 Å². The molecule has 0 radical (unpaired) electrons. The second-order valence-corrected chi connectivity index (χ2v) is 5.42. The number of rotatable bonds is 3. The molecule has 0 aliphatic heterocycles. The van der Waals surface area contributed by atoms with Gasteiger partial charge in [0.1, 0.15) is 0 Å². The van der Waals surface area contributed by atoms with Crippen LogP contribution in [0.25, 0.3) is 0 Å². The normalized spacial score (nSPS) is 10.4. The van der Waals surface area contributed by atoms with Crippen LogP contribution in [0.4, 0.5) is 0 Å². The summed E-state index contributed by atoms with van der Waals surface area (Å²) in [5.41, 5.74) is 1.03. The van der Waals surface area contributed by atoms with E-state index < -0.39 is 0 Å². The first-order chi connectivity index (χ1) is 7.74. The topological polar surface area (TPSA) is 25.8 Å². The van der Waals surface area contributed by atoms with Crippen molar-refractivity contribution in [1.29, 1.82) is 0 Å². The fourth-order valence-corrected chi connectivity index (χ4v) is 2.19. The molecule has 0 fully saturated rings. The Balaban J connectivity index is 1.97. The van der Waals surface area contributed by atoms with Gasteiger partial charge in [0.05, 0.1) is 15.7 Å². The summed E-state index contributed by atoms with van der Waals surface area (Å²) in [6.45, 7) is 0. The molecule has 2 heterocycles. The quantitative estimate of drug-likeness (QED) is 0.794. The minimum atomic E-state index is 0.658. The largest absolute Gasteiger partial charge is 0.259 e. The third-order valence-electron chi connectivity index (χ3n) is 1.86. The summed E-state index contributed by atoms with van der Waals surface area (Å²) >= 11 is 10.8. The van der Waals surface area contributed by atoms with Gasteiger partial charge in [-0.2, -0.15) is 0 Å². The van der Waals surface area contributed by atoms with Crippen LogP contribution in [-0.2, 0) is 5.75 Å². The average Bonchev–Trinajstić information content (AvgIpc) is 2.30. The number of nitrogens with zero attached hydrogens (tertiary/aromatic N) is 2. The molecule has 2 aromatic rings. The van der Waals surface area contributed by atoms with Crippen LogP contribution < -0.4 is 0 Å². The number of pyridine rings is 2. The van der Waals surface area contributed by atoms with E-state index in [1.807, 2.05) is 24.3 Å². The third-order valence-corrected chi connectivity index (χ3v) is 3.53. The van der Waals surface area contributed by atoms with Crippen LogP contribution in [0.2, 0.25) is 5.02 Å². The molecule has 0 spiro atoms. The van der Waals surface area contributed by atoms with E-state index in [-0.39, 0.29) is 0 Å². The molecule has 0 N–H and O–H groups in total. The van der Waals surface area contributed by atoms with Gasteiger partial charge in [0.2, 0.25) is 0 Å². The van der Waals surface area contributed by atoms with Crippen molar-refractivity contribution in [3.63, 3.8) is 0 Å². The van der Waals surface area contributed by atoms with Crippen molar-refractivity contribution < 1.29 is 0 Å². The molecule has 0 aliphatic rings. The lowest BCUT2D eigenvalue weighted by molar-refractivity contribution is 1.11. The van der Waals surface area contributed by atoms with Crippen molar-refractivity contribution in [2.24, 2.45) is 0 Å². The van der Waals surface area contributed by atoms with Crippen molar-refractivity contribution in [3.05, 3.63) is 51.8 Å². The molecule has 0 saturated heterocycles. The molecule has 16 heavy (non-hydrogen) atoms. The Hall–Kier alpha value is -0.580. The van der Waals surface area contributed by atoms with Gasteiger partial charge in [0.25, 0.3) is 0 Å². The summed E-state index contributed by atoms with van der Waals surface area (Å²) < 4.78 is 0.992. The molecule has 82 valence electrons. The Morgan fingerprint density at radius 1 is 1.12 bits per heavy atom. The SMILES string of the molecule is Clc1ccc(SCc2ccc(Br)cn2)nc1. The fourth-order valence-electron chi connectivity index (χ4n) is 1.09. The van der Waals surface area contributed by atoms with Crippen molar-refractivity contribution in [3.8, 4) is 0 Å². The smallest absolute Gasteiger partial charge is 0.0964 e. The van der Waals surface area contributed by atoms with E-state index in [9.17, 15) is 0 Å². The highest BCUT2D eigenvalue weighted by molar-refractivity contribution is 9.10. The first-order valence-corrected chi connectivity index (χ1v) is 6.74. The molecule has 0 atom stereocenters. The summed E-state index contributed by atoms with van der Waals surface area (Å²) in [6, 6.07) is 7.73. The van der Waals surface area contributed by atoms with E-state index >= 15 is 0 Å². The first kappa shape index (κ1) is 11.9. The summed E-state index contributed by atoms with van der Waals surface area (Å²) in [5, 5.41) is 1.61. The number of aromatic nitrogens is 2. The lowest BCUT2D eigenvalue weighted by atomic mass is 10.4. The highest BCUT2D eigenvalue weighted by Crippen LogP contribution is 2.21. The van der Waals surface area contributed by atoms with Crippen LogP contribution in [0.3, 0.4) is 0 Å². The van der Waals surface area contributed by atoms with Gasteiger partial charge < -0.3 is 0 Å². The molecule has 0 aromatic carbocycles. The number of hydrogen-bond acceptors (Lipinski definition) is 3. The Bertz CT molecular complexity index is 413. The van der Waals surface area contributed by atoms with Gasteiger partial charge in [-0.1, -0.05) is 11.6 Å². The maximum atomic E-state index is 5.76. The van der Waals surface area contributed by atoms with Gasteiger partial charge in [-0.15, -0.1) is 11.8 Å². The minimum absolute atomic E-state index is 0.658. The molecule has 0 unspecified atom stereocenters. The molecule has 0 bridgehead atoms. The van der Waals surface area contributed by atoms with Crippen molar-refractivity contribution in [2.75, 3.05) is 0 Å². The number of hydrogen-bond donors (Lipinski definition) is 0.